The van der Waals surface area contributed by atoms with Crippen LogP contribution < -0.4 is 15.5 Å². The molecule has 1 N–H and O–H groups in total. The lowest BCUT2D eigenvalue weighted by Gasteiger charge is -2.37. The highest BCUT2D eigenvalue weighted by molar-refractivity contribution is 6.33. The first kappa shape index (κ1) is 17.2. The van der Waals surface area contributed by atoms with Crippen molar-refractivity contribution in [2.24, 2.45) is 0 Å². The lowest BCUT2D eigenvalue weighted by molar-refractivity contribution is -0.384. The van der Waals surface area contributed by atoms with Gasteiger partial charge in [0.2, 0.25) is 0 Å². The number of nitrogens with one attached hydrogen (secondary N) is 1. The molecule has 0 bridgehead atoms. The minimum Gasteiger partial charge on any atom is -0.482 e. The first-order valence-corrected chi connectivity index (χ1v) is 8.04. The largest absolute Gasteiger partial charge is 0.482 e. The average molecular weight is 338 g/mol. The van der Waals surface area contributed by atoms with E-state index in [2.05, 4.69) is 15.2 Å². The van der Waals surface area contributed by atoms with E-state index >= 15 is 0 Å². The minimum atomic E-state index is -0.445. The third-order valence-corrected chi connectivity index (χ3v) is 4.12. The number of rotatable bonds is 6. The average Bonchev–Trinajstić information content (AvgIpc) is 2.55. The van der Waals surface area contributed by atoms with E-state index in [4.69, 9.17) is 12.6 Å². The summed E-state index contributed by atoms with van der Waals surface area (Å²) < 4.78 is 5.98. The Kier molecular flexibility index (Phi) is 4.89. The maximum atomic E-state index is 11.5. The molecule has 2 radical (unpaired) electrons. The van der Waals surface area contributed by atoms with Gasteiger partial charge in [0.15, 0.2) is 5.69 Å². The van der Waals surface area contributed by atoms with E-state index in [1.54, 1.807) is 12.3 Å². The fourth-order valence-corrected chi connectivity index (χ4v) is 2.87. The van der Waals surface area contributed by atoms with Crippen LogP contribution in [-0.2, 0) is 0 Å². The van der Waals surface area contributed by atoms with Crippen molar-refractivity contribution in [3.8, 4) is 5.75 Å². The van der Waals surface area contributed by atoms with Gasteiger partial charge >= 0.3 is 0 Å². The molecule has 1 fully saturated rings. The third-order valence-electron chi connectivity index (χ3n) is 4.12. The number of nitro groups is 1. The summed E-state index contributed by atoms with van der Waals surface area (Å²) in [6.45, 7) is 3.48. The number of nitro benzene ring substituents is 1. The monoisotopic (exact) mass is 338 g/mol. The van der Waals surface area contributed by atoms with Crippen LogP contribution in [0.3, 0.4) is 0 Å². The third kappa shape index (κ3) is 3.91. The number of hydrogen-bond donors (Lipinski definition) is 1. The fraction of sp³-hybridized carbons (Fsp3) is 0.353. The van der Waals surface area contributed by atoms with Gasteiger partial charge in [0.05, 0.1) is 16.7 Å². The maximum Gasteiger partial charge on any atom is 0.295 e. The molecule has 25 heavy (non-hydrogen) atoms. The van der Waals surface area contributed by atoms with Crippen LogP contribution in [0, 0.1) is 10.1 Å². The summed E-state index contributed by atoms with van der Waals surface area (Å²) in [4.78, 5) is 17.4. The molecule has 0 amide bonds. The number of likely N-dealkylation sites (N-methyl/N-ethyl adjacent to an activating group) is 1. The van der Waals surface area contributed by atoms with Crippen LogP contribution in [-0.4, -0.2) is 48.8 Å². The molecule has 0 aliphatic carbocycles. The van der Waals surface area contributed by atoms with Gasteiger partial charge in [0, 0.05) is 25.4 Å². The van der Waals surface area contributed by atoms with Crippen molar-refractivity contribution >= 4 is 24.7 Å². The summed E-state index contributed by atoms with van der Waals surface area (Å²) in [5.41, 5.74) is 1.30. The molecule has 1 atom stereocenters. The number of aromatic nitrogens is 1. The molecule has 1 aliphatic rings. The Morgan fingerprint density at radius 1 is 1.44 bits per heavy atom. The predicted molar refractivity (Wildman–Crippen MR) is 96.7 cm³/mol. The van der Waals surface area contributed by atoms with Crippen LogP contribution in [0.25, 0.3) is 0 Å². The Labute approximate surface area is 147 Å². The second-order valence-corrected chi connectivity index (χ2v) is 6.25. The van der Waals surface area contributed by atoms with E-state index in [-0.39, 0.29) is 23.3 Å². The number of ether oxygens (including phenoxy) is 1. The van der Waals surface area contributed by atoms with Gasteiger partial charge in [-0.2, -0.15) is 0 Å². The topological polar surface area (TPSA) is 80.5 Å². The van der Waals surface area contributed by atoms with Gasteiger partial charge < -0.3 is 15.0 Å². The summed E-state index contributed by atoms with van der Waals surface area (Å²) in [6.07, 6.45) is 1.31. The first-order valence-electron chi connectivity index (χ1n) is 8.04. The van der Waals surface area contributed by atoms with Gasteiger partial charge in [0.25, 0.3) is 5.69 Å². The molecule has 2 heterocycles. The zero-order valence-electron chi connectivity index (χ0n) is 14.2. The van der Waals surface area contributed by atoms with Crippen LogP contribution in [0.1, 0.15) is 18.7 Å². The molecule has 1 unspecified atom stereocenters. The lowest BCUT2D eigenvalue weighted by atomic mass is 9.94. The Hall–Kier alpha value is -2.61. The van der Waals surface area contributed by atoms with E-state index in [1.165, 1.54) is 6.07 Å². The zero-order chi connectivity index (χ0) is 18.0. The molecule has 0 saturated carbocycles. The molecule has 8 heteroatoms. The number of anilines is 1. The molecule has 1 aromatic carbocycles. The van der Waals surface area contributed by atoms with Gasteiger partial charge in [-0.1, -0.05) is 11.5 Å². The second kappa shape index (κ2) is 7.10. The Balaban J connectivity index is 1.91. The zero-order valence-corrected chi connectivity index (χ0v) is 14.2. The molecule has 1 aliphatic heterocycles. The number of benzene rings is 1. The van der Waals surface area contributed by atoms with Gasteiger partial charge in [-0.25, -0.2) is 0 Å². The summed E-state index contributed by atoms with van der Waals surface area (Å²) in [7, 11) is 7.84. The highest BCUT2D eigenvalue weighted by Gasteiger charge is 2.29. The normalized spacial score (nSPS) is 16.1. The second-order valence-electron chi connectivity index (χ2n) is 6.25. The number of hydrogen-bond acceptors (Lipinski definition) is 6. The highest BCUT2D eigenvalue weighted by atomic mass is 16.6. The van der Waals surface area contributed by atoms with Crippen molar-refractivity contribution in [3.05, 3.63) is 52.3 Å². The fourth-order valence-electron chi connectivity index (χ4n) is 2.87. The molecule has 7 nitrogen and oxygen atoms in total. The Bertz CT molecular complexity index is 766. The van der Waals surface area contributed by atoms with Gasteiger partial charge in [0.1, 0.15) is 19.7 Å². The number of pyridine rings is 1. The molecular weight excluding hydrogens is 319 g/mol. The van der Waals surface area contributed by atoms with Crippen LogP contribution >= 0.6 is 0 Å². The van der Waals surface area contributed by atoms with Gasteiger partial charge in [-0.3, -0.25) is 15.1 Å². The van der Waals surface area contributed by atoms with E-state index in [1.807, 2.05) is 32.2 Å². The van der Waals surface area contributed by atoms with Crippen molar-refractivity contribution < 1.29 is 9.66 Å². The summed E-state index contributed by atoms with van der Waals surface area (Å²) in [6, 6.07) is 8.63. The molecular formula is C17H19BN4O3. The number of likely N-dealkylation sites (tertiary alicyclic amines) is 1. The number of nitrogens with zero attached hydrogens (tertiary/aromatic N) is 3. The summed E-state index contributed by atoms with van der Waals surface area (Å²) in [5, 5.41) is 14.7. The van der Waals surface area contributed by atoms with Crippen LogP contribution in [0.15, 0.2) is 36.5 Å². The standard InChI is InChI=1S/C17H19BN4O3/c1-11(14-5-3-4-6-19-14)25-16-8-12(18)7-15(22(23)24)17(16)20-13-9-21(2)10-13/h3-8,11,13,20H,9-10H2,1-2H3. The molecule has 0 spiro atoms. The lowest BCUT2D eigenvalue weighted by Crippen LogP contribution is -2.52. The van der Waals surface area contributed by atoms with E-state index in [9.17, 15) is 10.1 Å². The summed E-state index contributed by atoms with van der Waals surface area (Å²) >= 11 is 0. The van der Waals surface area contributed by atoms with E-state index in [0.717, 1.165) is 18.8 Å². The van der Waals surface area contributed by atoms with Crippen molar-refractivity contribution in [2.45, 2.75) is 19.1 Å². The quantitative estimate of drug-likeness (QED) is 0.490. The Morgan fingerprint density at radius 3 is 2.80 bits per heavy atom. The first-order chi connectivity index (χ1) is 11.9. The van der Waals surface area contributed by atoms with E-state index < -0.39 is 4.92 Å². The van der Waals surface area contributed by atoms with E-state index in [0.29, 0.717) is 11.4 Å². The van der Waals surface area contributed by atoms with Crippen LogP contribution in [0.4, 0.5) is 11.4 Å². The predicted octanol–water partition coefficient (Wildman–Crippen LogP) is 1.65. The van der Waals surface area contributed by atoms with Gasteiger partial charge in [-0.05, 0) is 32.2 Å². The van der Waals surface area contributed by atoms with Crippen LogP contribution in [0.2, 0.25) is 0 Å². The Morgan fingerprint density at radius 2 is 2.20 bits per heavy atom. The van der Waals surface area contributed by atoms with Crippen molar-refractivity contribution in [3.63, 3.8) is 0 Å². The molecule has 1 aromatic heterocycles. The minimum absolute atomic E-state index is 0.0854. The SMILES string of the molecule is [B]c1cc(OC(C)c2ccccn2)c(NC2CN(C)C2)c([N+](=O)[O-])c1. The smallest absolute Gasteiger partial charge is 0.295 e. The highest BCUT2D eigenvalue weighted by Crippen LogP contribution is 2.36. The molecule has 2 aromatic rings. The molecule has 1 saturated heterocycles. The van der Waals surface area contributed by atoms with Crippen molar-refractivity contribution in [2.75, 3.05) is 25.5 Å². The summed E-state index contributed by atoms with van der Waals surface area (Å²) in [5.74, 6) is 0.361. The maximum absolute atomic E-state index is 11.5. The van der Waals surface area contributed by atoms with Crippen LogP contribution in [0.5, 0.6) is 5.75 Å². The van der Waals surface area contributed by atoms with Crippen molar-refractivity contribution in [1.29, 1.82) is 0 Å². The van der Waals surface area contributed by atoms with Gasteiger partial charge in [-0.15, -0.1) is 0 Å². The van der Waals surface area contributed by atoms with Crippen molar-refractivity contribution in [1.82, 2.24) is 9.88 Å². The molecule has 128 valence electrons. The molecule has 3 rings (SSSR count).